The molecule has 1 aromatic carbocycles. The van der Waals surface area contributed by atoms with Crippen LogP contribution >= 0.6 is 11.6 Å². The lowest BCUT2D eigenvalue weighted by atomic mass is 10.2. The largest absolute Gasteiger partial charge is 0.476 e. The Hall–Kier alpha value is -1.02. The van der Waals surface area contributed by atoms with Crippen molar-refractivity contribution in [1.82, 2.24) is 0 Å². The molecule has 0 aliphatic carbocycles. The maximum Gasteiger partial charge on any atom is 0.216 e. The van der Waals surface area contributed by atoms with Crippen LogP contribution in [0.1, 0.15) is 5.56 Å². The summed E-state index contributed by atoms with van der Waals surface area (Å²) >= 11 is 5.81. The summed E-state index contributed by atoms with van der Waals surface area (Å²) in [6.45, 7) is 1.43. The first-order chi connectivity index (χ1) is 5.86. The van der Waals surface area contributed by atoms with E-state index in [0.717, 1.165) is 12.1 Å². The molecule has 3 heteroatoms. The Kier molecular flexibility index (Phi) is 2.00. The number of aliphatic imine (C=N–C) groups is 1. The summed E-state index contributed by atoms with van der Waals surface area (Å²) in [5.41, 5.74) is 0.958. The van der Waals surface area contributed by atoms with Gasteiger partial charge in [-0.2, -0.15) is 0 Å². The number of nitrogens with zero attached hydrogens (tertiary/aromatic N) is 1. The second-order valence-corrected chi connectivity index (χ2v) is 2.98. The maximum absolute atomic E-state index is 5.81. The zero-order chi connectivity index (χ0) is 8.39. The molecule has 0 bridgehead atoms. The highest BCUT2D eigenvalue weighted by molar-refractivity contribution is 6.30. The molecule has 0 saturated heterocycles. The lowest BCUT2D eigenvalue weighted by Crippen LogP contribution is -2.00. The summed E-state index contributed by atoms with van der Waals surface area (Å²) in [5, 5.41) is 0.714. The molecular weight excluding hydrogens is 174 g/mol. The van der Waals surface area contributed by atoms with Gasteiger partial charge in [0.2, 0.25) is 5.90 Å². The Bertz CT molecular complexity index is 322. The topological polar surface area (TPSA) is 21.6 Å². The second-order valence-electron chi connectivity index (χ2n) is 2.55. The van der Waals surface area contributed by atoms with E-state index in [0.29, 0.717) is 17.5 Å². The van der Waals surface area contributed by atoms with Gasteiger partial charge in [-0.25, -0.2) is 4.99 Å². The van der Waals surface area contributed by atoms with Gasteiger partial charge in [0, 0.05) is 10.6 Å². The molecule has 12 heavy (non-hydrogen) atoms. The average molecular weight is 182 g/mol. The minimum absolute atomic E-state index is 0.682. The smallest absolute Gasteiger partial charge is 0.216 e. The van der Waals surface area contributed by atoms with Crippen molar-refractivity contribution in [3.05, 3.63) is 34.9 Å². The van der Waals surface area contributed by atoms with Crippen LogP contribution in [0.25, 0.3) is 0 Å². The number of hydrogen-bond donors (Lipinski definition) is 0. The Morgan fingerprint density at radius 2 is 2.33 bits per heavy atom. The van der Waals surface area contributed by atoms with Gasteiger partial charge in [-0.1, -0.05) is 17.7 Å². The van der Waals surface area contributed by atoms with E-state index >= 15 is 0 Å². The van der Waals surface area contributed by atoms with Crippen molar-refractivity contribution < 1.29 is 4.74 Å². The quantitative estimate of drug-likeness (QED) is 0.651. The number of hydrogen-bond acceptors (Lipinski definition) is 2. The monoisotopic (exact) mass is 181 g/mol. The molecule has 0 N–H and O–H groups in total. The fourth-order valence-corrected chi connectivity index (χ4v) is 1.32. The molecule has 0 unspecified atom stereocenters. The molecule has 0 atom stereocenters. The molecule has 0 aromatic heterocycles. The number of ether oxygens (including phenoxy) is 1. The van der Waals surface area contributed by atoms with E-state index in [1.165, 1.54) is 0 Å². The molecule has 0 saturated carbocycles. The minimum atomic E-state index is 0.682. The third-order valence-electron chi connectivity index (χ3n) is 1.66. The molecule has 1 aliphatic heterocycles. The molecule has 1 heterocycles. The van der Waals surface area contributed by atoms with Gasteiger partial charge in [-0.15, -0.1) is 0 Å². The Morgan fingerprint density at radius 1 is 1.42 bits per heavy atom. The van der Waals surface area contributed by atoms with Gasteiger partial charge < -0.3 is 4.74 Å². The van der Waals surface area contributed by atoms with Crippen molar-refractivity contribution in [2.24, 2.45) is 4.99 Å². The van der Waals surface area contributed by atoms with Gasteiger partial charge in [0.15, 0.2) is 0 Å². The summed E-state index contributed by atoms with van der Waals surface area (Å²) in [4.78, 5) is 4.18. The highest BCUT2D eigenvalue weighted by Gasteiger charge is 2.09. The lowest BCUT2D eigenvalue weighted by Gasteiger charge is -2.00. The van der Waals surface area contributed by atoms with Crippen molar-refractivity contribution in [3.8, 4) is 0 Å². The van der Waals surface area contributed by atoms with Crippen molar-refractivity contribution in [2.75, 3.05) is 13.2 Å². The molecule has 62 valence electrons. The van der Waals surface area contributed by atoms with E-state index in [9.17, 15) is 0 Å². The van der Waals surface area contributed by atoms with Gasteiger partial charge in [0.25, 0.3) is 0 Å². The Morgan fingerprint density at radius 3 is 3.00 bits per heavy atom. The molecule has 1 aliphatic rings. The first-order valence-corrected chi connectivity index (χ1v) is 4.17. The highest BCUT2D eigenvalue weighted by Crippen LogP contribution is 2.13. The third kappa shape index (κ3) is 1.43. The predicted molar refractivity (Wildman–Crippen MR) is 48.8 cm³/mol. The molecular formula is C9H8ClNO. The van der Waals surface area contributed by atoms with Gasteiger partial charge in [-0.05, 0) is 18.2 Å². The normalized spacial score (nSPS) is 15.6. The maximum atomic E-state index is 5.81. The standard InChI is InChI=1S/C9H8ClNO/c10-8-3-1-2-7(6-8)9-11-4-5-12-9/h1-3,6H,4-5H2. The highest BCUT2D eigenvalue weighted by atomic mass is 35.5. The van der Waals surface area contributed by atoms with Gasteiger partial charge in [0.1, 0.15) is 6.61 Å². The van der Waals surface area contributed by atoms with E-state index in [1.807, 2.05) is 24.3 Å². The summed E-state index contributed by atoms with van der Waals surface area (Å²) in [5.74, 6) is 0.706. The zero-order valence-corrected chi connectivity index (χ0v) is 7.21. The van der Waals surface area contributed by atoms with E-state index in [1.54, 1.807) is 0 Å². The number of rotatable bonds is 1. The summed E-state index contributed by atoms with van der Waals surface area (Å²) in [6.07, 6.45) is 0. The van der Waals surface area contributed by atoms with Crippen LogP contribution in [0.5, 0.6) is 0 Å². The van der Waals surface area contributed by atoms with Crippen LogP contribution in [-0.4, -0.2) is 19.0 Å². The van der Waals surface area contributed by atoms with Crippen LogP contribution in [0.3, 0.4) is 0 Å². The van der Waals surface area contributed by atoms with Crippen LogP contribution in [0, 0.1) is 0 Å². The van der Waals surface area contributed by atoms with Gasteiger partial charge in [0.05, 0.1) is 6.54 Å². The zero-order valence-electron chi connectivity index (χ0n) is 6.46. The molecule has 2 rings (SSSR count). The predicted octanol–water partition coefficient (Wildman–Crippen LogP) is 2.12. The third-order valence-corrected chi connectivity index (χ3v) is 1.89. The van der Waals surface area contributed by atoms with E-state index in [-0.39, 0.29) is 0 Å². The fraction of sp³-hybridized carbons (Fsp3) is 0.222. The first kappa shape index (κ1) is 7.62. The SMILES string of the molecule is Clc1cccc(C2=NCCO2)c1. The number of halogens is 1. The molecule has 1 aromatic rings. The average Bonchev–Trinajstić information content (AvgIpc) is 2.56. The van der Waals surface area contributed by atoms with Crippen molar-refractivity contribution >= 4 is 17.5 Å². The minimum Gasteiger partial charge on any atom is -0.476 e. The number of benzene rings is 1. The summed E-state index contributed by atoms with van der Waals surface area (Å²) in [7, 11) is 0. The van der Waals surface area contributed by atoms with Crippen LogP contribution in [-0.2, 0) is 4.74 Å². The second kappa shape index (κ2) is 3.15. The van der Waals surface area contributed by atoms with Crippen molar-refractivity contribution in [1.29, 1.82) is 0 Å². The summed E-state index contributed by atoms with van der Waals surface area (Å²) in [6, 6.07) is 7.52. The Labute approximate surface area is 75.8 Å². The summed E-state index contributed by atoms with van der Waals surface area (Å²) < 4.78 is 5.29. The first-order valence-electron chi connectivity index (χ1n) is 3.79. The van der Waals surface area contributed by atoms with Crippen LogP contribution in [0.15, 0.2) is 29.3 Å². The molecule has 0 spiro atoms. The van der Waals surface area contributed by atoms with Crippen LogP contribution in [0.4, 0.5) is 0 Å². The lowest BCUT2D eigenvalue weighted by molar-refractivity contribution is 0.348. The van der Waals surface area contributed by atoms with E-state index in [4.69, 9.17) is 16.3 Å². The Balaban J connectivity index is 2.33. The van der Waals surface area contributed by atoms with Crippen molar-refractivity contribution in [2.45, 2.75) is 0 Å². The van der Waals surface area contributed by atoms with E-state index in [2.05, 4.69) is 4.99 Å². The molecule has 2 nitrogen and oxygen atoms in total. The van der Waals surface area contributed by atoms with Crippen molar-refractivity contribution in [3.63, 3.8) is 0 Å². The van der Waals surface area contributed by atoms with Crippen LogP contribution < -0.4 is 0 Å². The van der Waals surface area contributed by atoms with Gasteiger partial charge in [-0.3, -0.25) is 0 Å². The van der Waals surface area contributed by atoms with Crippen LogP contribution in [0.2, 0.25) is 5.02 Å². The molecule has 0 amide bonds. The van der Waals surface area contributed by atoms with E-state index < -0.39 is 0 Å². The molecule has 0 fully saturated rings. The fourth-order valence-electron chi connectivity index (χ4n) is 1.13. The molecule has 0 radical (unpaired) electrons. The van der Waals surface area contributed by atoms with Gasteiger partial charge >= 0.3 is 0 Å².